The molecule has 1 saturated carbocycles. The zero-order valence-electron chi connectivity index (χ0n) is 17.8. The Morgan fingerprint density at radius 1 is 1.40 bits per heavy atom. The van der Waals surface area contributed by atoms with Crippen LogP contribution in [0.25, 0.3) is 10.9 Å². The van der Waals surface area contributed by atoms with Gasteiger partial charge in [0.25, 0.3) is 5.91 Å². The summed E-state index contributed by atoms with van der Waals surface area (Å²) < 4.78 is 5.81. The highest BCUT2D eigenvalue weighted by molar-refractivity contribution is 7.84. The van der Waals surface area contributed by atoms with E-state index < -0.39 is 0 Å². The van der Waals surface area contributed by atoms with Gasteiger partial charge in [0.05, 0.1) is 31.1 Å². The Morgan fingerprint density at radius 3 is 2.77 bits per heavy atom. The molecule has 1 amide bonds. The van der Waals surface area contributed by atoms with Crippen LogP contribution in [0.15, 0.2) is 46.3 Å². The fraction of sp³-hybridized carbons (Fsp3) is 0.478. The lowest BCUT2D eigenvalue weighted by atomic mass is 9.80. The Labute approximate surface area is 184 Å². The van der Waals surface area contributed by atoms with Crippen molar-refractivity contribution in [1.29, 1.82) is 0 Å². The molecule has 162 valence electrons. The summed E-state index contributed by atoms with van der Waals surface area (Å²) in [6.07, 6.45) is 8.11. The largest absolute Gasteiger partial charge is 0.390 e. The molecule has 3 N–H and O–H groups in total. The van der Waals surface area contributed by atoms with Crippen molar-refractivity contribution in [2.45, 2.75) is 51.2 Å². The van der Waals surface area contributed by atoms with Crippen LogP contribution in [0.4, 0.5) is 0 Å². The van der Waals surface area contributed by atoms with Crippen LogP contribution in [0.1, 0.15) is 50.0 Å². The van der Waals surface area contributed by atoms with E-state index in [1.165, 1.54) is 12.8 Å². The Bertz CT molecular complexity index is 882. The van der Waals surface area contributed by atoms with E-state index in [9.17, 15) is 4.79 Å². The minimum Gasteiger partial charge on any atom is -0.390 e. The number of ether oxygens (including phenoxy) is 1. The zero-order valence-corrected chi connectivity index (χ0v) is 18.7. The molecule has 2 aromatic rings. The number of amides is 1. The molecule has 0 atom stereocenters. The van der Waals surface area contributed by atoms with Crippen LogP contribution in [-0.2, 0) is 4.74 Å². The number of aromatic amines is 1. The summed E-state index contributed by atoms with van der Waals surface area (Å²) in [5.41, 5.74) is 6.87. The van der Waals surface area contributed by atoms with Crippen LogP contribution in [0.5, 0.6) is 0 Å². The van der Waals surface area contributed by atoms with Gasteiger partial charge >= 0.3 is 0 Å². The molecule has 30 heavy (non-hydrogen) atoms. The van der Waals surface area contributed by atoms with E-state index >= 15 is 0 Å². The predicted octanol–water partition coefficient (Wildman–Crippen LogP) is 4.15. The first-order valence-electron chi connectivity index (χ1n) is 10.6. The number of para-hydroxylation sites is 1. The number of aromatic nitrogens is 1. The van der Waals surface area contributed by atoms with Crippen LogP contribution in [0.2, 0.25) is 0 Å². The van der Waals surface area contributed by atoms with Crippen molar-refractivity contribution in [3.8, 4) is 0 Å². The van der Waals surface area contributed by atoms with Crippen LogP contribution >= 0.6 is 12.6 Å². The third kappa shape index (κ3) is 5.67. The van der Waals surface area contributed by atoms with Gasteiger partial charge in [0.1, 0.15) is 5.69 Å². The number of hydrogen-bond acceptors (Lipinski definition) is 4. The standard InChI is InChI=1S/C14H14N2OS.C9H18N2O/c17-14(16-7-3-5-11(18)9-16)13-8-10-4-1-2-6-12(10)15-13;1-8(2)12-9(4-3-5-9)6-11-7-10/h1-2,4-6,8,15,18H,3,7,9H2;7-8H,3-6H2,1-2H3,(H2,10,11). The Balaban J connectivity index is 0.000000187. The minimum absolute atomic E-state index is 0.0179. The quantitative estimate of drug-likeness (QED) is 0.380. The van der Waals surface area contributed by atoms with Crippen molar-refractivity contribution < 1.29 is 9.53 Å². The Morgan fingerprint density at radius 2 is 2.17 bits per heavy atom. The smallest absolute Gasteiger partial charge is 0.270 e. The Kier molecular flexibility index (Phi) is 7.61. The predicted molar refractivity (Wildman–Crippen MR) is 126 cm³/mol. The summed E-state index contributed by atoms with van der Waals surface area (Å²) in [5.74, 6) is 0.0471. The molecule has 0 unspecified atom stereocenters. The van der Waals surface area contributed by atoms with Gasteiger partial charge in [0, 0.05) is 17.4 Å². The third-order valence-corrected chi connectivity index (χ3v) is 5.74. The average molecular weight is 429 g/mol. The maximum atomic E-state index is 12.3. The summed E-state index contributed by atoms with van der Waals surface area (Å²) in [6, 6.07) is 9.83. The molecule has 1 fully saturated rings. The van der Waals surface area contributed by atoms with Crippen molar-refractivity contribution in [3.05, 3.63) is 47.0 Å². The second-order valence-corrected chi connectivity index (χ2v) is 8.75. The van der Waals surface area contributed by atoms with Gasteiger partial charge in [-0.2, -0.15) is 0 Å². The van der Waals surface area contributed by atoms with Crippen molar-refractivity contribution in [2.24, 2.45) is 10.7 Å². The molecule has 0 saturated heterocycles. The van der Waals surface area contributed by atoms with Crippen molar-refractivity contribution in [1.82, 2.24) is 9.88 Å². The van der Waals surface area contributed by atoms with Gasteiger partial charge in [-0.15, -0.1) is 12.6 Å². The first kappa shape index (κ1) is 22.4. The molecule has 4 rings (SSSR count). The first-order valence-corrected chi connectivity index (χ1v) is 11.0. The number of benzene rings is 1. The molecule has 2 aliphatic rings. The third-order valence-electron chi connectivity index (χ3n) is 5.41. The second-order valence-electron chi connectivity index (χ2n) is 8.17. The molecular formula is C23H32N4O2S. The molecule has 0 radical (unpaired) electrons. The first-order chi connectivity index (χ1) is 14.4. The van der Waals surface area contributed by atoms with Gasteiger partial charge in [-0.1, -0.05) is 24.3 Å². The summed E-state index contributed by atoms with van der Waals surface area (Å²) in [7, 11) is 0. The zero-order chi connectivity index (χ0) is 21.6. The highest BCUT2D eigenvalue weighted by Gasteiger charge is 2.38. The number of rotatable bonds is 5. The molecule has 1 aliphatic carbocycles. The average Bonchev–Trinajstić information content (AvgIpc) is 3.14. The van der Waals surface area contributed by atoms with Crippen LogP contribution in [-0.4, -0.2) is 53.5 Å². The van der Waals surface area contributed by atoms with E-state index in [0.717, 1.165) is 48.2 Å². The maximum absolute atomic E-state index is 12.3. The van der Waals surface area contributed by atoms with Crippen molar-refractivity contribution in [2.75, 3.05) is 19.6 Å². The van der Waals surface area contributed by atoms with Crippen LogP contribution < -0.4 is 5.73 Å². The fourth-order valence-electron chi connectivity index (χ4n) is 3.86. The second kappa shape index (κ2) is 10.2. The number of hydrogen-bond donors (Lipinski definition) is 3. The van der Waals surface area contributed by atoms with Gasteiger partial charge in [-0.05, 0) is 56.6 Å². The lowest BCUT2D eigenvalue weighted by Crippen LogP contribution is -2.45. The number of thiol groups is 1. The normalized spacial score (nSPS) is 18.1. The SMILES string of the molecule is CC(C)OC1(CN=CN)CCC1.O=C(c1cc2ccccc2[nH]1)N1CCC=C(S)C1. The summed E-state index contributed by atoms with van der Waals surface area (Å²) >= 11 is 4.33. The number of nitrogens with zero attached hydrogens (tertiary/aromatic N) is 2. The summed E-state index contributed by atoms with van der Waals surface area (Å²) in [5, 5.41) is 1.07. The number of fused-ring (bicyclic) bond motifs is 1. The van der Waals surface area contributed by atoms with Crippen molar-refractivity contribution in [3.63, 3.8) is 0 Å². The minimum atomic E-state index is 0.0179. The molecular weight excluding hydrogens is 396 g/mol. The number of carbonyl (C=O) groups is 1. The van der Waals surface area contributed by atoms with E-state index in [0.29, 0.717) is 18.3 Å². The molecule has 1 aromatic carbocycles. The fourth-order valence-corrected chi connectivity index (χ4v) is 4.16. The summed E-state index contributed by atoms with van der Waals surface area (Å²) in [4.78, 5) is 22.4. The topological polar surface area (TPSA) is 83.7 Å². The highest BCUT2D eigenvalue weighted by Crippen LogP contribution is 2.36. The van der Waals surface area contributed by atoms with Gasteiger partial charge < -0.3 is 20.4 Å². The van der Waals surface area contributed by atoms with Gasteiger partial charge in [0.15, 0.2) is 0 Å². The monoisotopic (exact) mass is 428 g/mol. The van der Waals surface area contributed by atoms with Gasteiger partial charge in [-0.25, -0.2) is 0 Å². The maximum Gasteiger partial charge on any atom is 0.270 e. The highest BCUT2D eigenvalue weighted by atomic mass is 32.1. The molecule has 0 spiro atoms. The van der Waals surface area contributed by atoms with Crippen LogP contribution in [0, 0.1) is 0 Å². The number of aliphatic imine (C=N–C) groups is 1. The molecule has 2 heterocycles. The van der Waals surface area contributed by atoms with Crippen LogP contribution in [0.3, 0.4) is 0 Å². The van der Waals surface area contributed by atoms with Gasteiger partial charge in [-0.3, -0.25) is 9.79 Å². The molecule has 0 bridgehead atoms. The van der Waals surface area contributed by atoms with E-state index in [1.54, 1.807) is 0 Å². The molecule has 1 aromatic heterocycles. The number of nitrogens with one attached hydrogen (secondary N) is 1. The number of nitrogens with two attached hydrogens (primary N) is 1. The van der Waals surface area contributed by atoms with E-state index in [2.05, 4.69) is 42.5 Å². The number of carbonyl (C=O) groups excluding carboxylic acids is 1. The van der Waals surface area contributed by atoms with E-state index in [1.807, 2.05) is 35.2 Å². The van der Waals surface area contributed by atoms with E-state index in [-0.39, 0.29) is 11.5 Å². The molecule has 7 heteroatoms. The van der Waals surface area contributed by atoms with Crippen molar-refractivity contribution >= 4 is 35.8 Å². The lowest BCUT2D eigenvalue weighted by Gasteiger charge is -2.41. The molecule has 6 nitrogen and oxygen atoms in total. The Hall–Kier alpha value is -2.25. The summed E-state index contributed by atoms with van der Waals surface area (Å²) in [6.45, 7) is 6.22. The van der Waals surface area contributed by atoms with E-state index in [4.69, 9.17) is 10.5 Å². The molecule has 1 aliphatic heterocycles. The number of H-pyrrole nitrogens is 1. The lowest BCUT2D eigenvalue weighted by molar-refractivity contribution is -0.120. The van der Waals surface area contributed by atoms with Gasteiger partial charge in [0.2, 0.25) is 0 Å².